The highest BCUT2D eigenvalue weighted by molar-refractivity contribution is 4.87. The third kappa shape index (κ3) is 4.22. The molecule has 0 aromatic rings. The van der Waals surface area contributed by atoms with E-state index in [4.69, 9.17) is 5.11 Å². The first kappa shape index (κ1) is 8.70. The highest BCUT2D eigenvalue weighted by Crippen LogP contribution is 2.03. The molecular weight excluding hydrogens is 112 g/mol. The van der Waals surface area contributed by atoms with E-state index in [1.165, 1.54) is 0 Å². The van der Waals surface area contributed by atoms with Gasteiger partial charge in [-0.05, 0) is 19.3 Å². The predicted molar refractivity (Wildman–Crippen MR) is 40.3 cm³/mol. The second-order valence-electron chi connectivity index (χ2n) is 2.44. The van der Waals surface area contributed by atoms with Gasteiger partial charge in [0, 0.05) is 0 Å². The summed E-state index contributed by atoms with van der Waals surface area (Å²) in [6, 6.07) is 0. The van der Waals surface area contributed by atoms with Gasteiger partial charge in [-0.15, -0.1) is 0 Å². The highest BCUT2D eigenvalue weighted by atomic mass is 16.3. The van der Waals surface area contributed by atoms with Crippen molar-refractivity contribution in [2.24, 2.45) is 5.92 Å². The van der Waals surface area contributed by atoms with E-state index in [2.05, 4.69) is 13.0 Å². The molecule has 0 heterocycles. The van der Waals surface area contributed by atoms with E-state index in [1.807, 2.05) is 19.9 Å². The Morgan fingerprint density at radius 1 is 1.44 bits per heavy atom. The van der Waals surface area contributed by atoms with Gasteiger partial charge in [0.15, 0.2) is 0 Å². The number of rotatable bonds is 3. The maximum atomic E-state index is 9.00. The van der Waals surface area contributed by atoms with Crippen molar-refractivity contribution in [3.8, 4) is 0 Å². The molecule has 2 unspecified atom stereocenters. The fourth-order valence-electron chi connectivity index (χ4n) is 0.512. The smallest absolute Gasteiger partial charge is 0.0572 e. The number of aliphatic hydroxyl groups is 1. The lowest BCUT2D eigenvalue weighted by atomic mass is 10.1. The Hall–Kier alpha value is -0.300. The molecule has 1 nitrogen and oxygen atoms in total. The van der Waals surface area contributed by atoms with Crippen molar-refractivity contribution in [3.63, 3.8) is 0 Å². The number of allylic oxidation sites excluding steroid dienone is 1. The van der Waals surface area contributed by atoms with E-state index in [-0.39, 0.29) is 6.10 Å². The molecule has 0 bridgehead atoms. The zero-order chi connectivity index (χ0) is 7.28. The molecule has 1 heteroatoms. The Kier molecular flexibility index (Phi) is 4.41. The fourth-order valence-corrected chi connectivity index (χ4v) is 0.512. The average molecular weight is 128 g/mol. The molecule has 0 aliphatic carbocycles. The van der Waals surface area contributed by atoms with Gasteiger partial charge in [0.25, 0.3) is 0 Å². The lowest BCUT2D eigenvalue weighted by Gasteiger charge is -2.07. The molecule has 0 amide bonds. The standard InChI is InChI=1S/C8H16O/c1-4-5-6-7(2)8(3)9/h5-9H,4H2,1-3H3/b6-5+. The Bertz CT molecular complexity index is 84.6. The molecule has 2 atom stereocenters. The Labute approximate surface area is 57.4 Å². The molecule has 0 rings (SSSR count). The summed E-state index contributed by atoms with van der Waals surface area (Å²) in [7, 11) is 0. The van der Waals surface area contributed by atoms with Crippen molar-refractivity contribution in [1.29, 1.82) is 0 Å². The van der Waals surface area contributed by atoms with Gasteiger partial charge >= 0.3 is 0 Å². The van der Waals surface area contributed by atoms with Crippen molar-refractivity contribution in [1.82, 2.24) is 0 Å². The minimum absolute atomic E-state index is 0.215. The summed E-state index contributed by atoms with van der Waals surface area (Å²) in [5.41, 5.74) is 0. The van der Waals surface area contributed by atoms with Gasteiger partial charge in [-0.25, -0.2) is 0 Å². The summed E-state index contributed by atoms with van der Waals surface area (Å²) >= 11 is 0. The molecule has 1 N–H and O–H groups in total. The SMILES string of the molecule is CC/C=C/C(C)C(C)O. The van der Waals surface area contributed by atoms with Gasteiger partial charge in [0.05, 0.1) is 6.10 Å². The molecule has 0 fully saturated rings. The van der Waals surface area contributed by atoms with E-state index < -0.39 is 0 Å². The summed E-state index contributed by atoms with van der Waals surface area (Å²) < 4.78 is 0. The van der Waals surface area contributed by atoms with Crippen LogP contribution in [0.15, 0.2) is 12.2 Å². The maximum Gasteiger partial charge on any atom is 0.0572 e. The summed E-state index contributed by atoms with van der Waals surface area (Å²) in [5, 5.41) is 9.00. The van der Waals surface area contributed by atoms with Crippen LogP contribution in [-0.4, -0.2) is 11.2 Å². The summed E-state index contributed by atoms with van der Waals surface area (Å²) in [5.74, 6) is 0.296. The van der Waals surface area contributed by atoms with Gasteiger partial charge in [-0.3, -0.25) is 0 Å². The van der Waals surface area contributed by atoms with Crippen LogP contribution >= 0.6 is 0 Å². The van der Waals surface area contributed by atoms with Crippen LogP contribution in [0.5, 0.6) is 0 Å². The zero-order valence-electron chi connectivity index (χ0n) is 6.46. The van der Waals surface area contributed by atoms with Crippen LogP contribution in [0.1, 0.15) is 27.2 Å². The first-order valence-corrected chi connectivity index (χ1v) is 3.53. The van der Waals surface area contributed by atoms with Crippen molar-refractivity contribution in [3.05, 3.63) is 12.2 Å². The molecule has 54 valence electrons. The lowest BCUT2D eigenvalue weighted by Crippen LogP contribution is -2.09. The van der Waals surface area contributed by atoms with Crippen molar-refractivity contribution in [2.75, 3.05) is 0 Å². The van der Waals surface area contributed by atoms with Crippen molar-refractivity contribution < 1.29 is 5.11 Å². The van der Waals surface area contributed by atoms with Gasteiger partial charge in [0.2, 0.25) is 0 Å². The molecule has 0 aromatic carbocycles. The normalized spacial score (nSPS) is 18.2. The molecule has 0 spiro atoms. The Balaban J connectivity index is 3.48. The third-order valence-corrected chi connectivity index (χ3v) is 1.44. The summed E-state index contributed by atoms with van der Waals surface area (Å²) in [6.45, 7) is 5.91. The van der Waals surface area contributed by atoms with Gasteiger partial charge in [-0.2, -0.15) is 0 Å². The van der Waals surface area contributed by atoms with Crippen LogP contribution in [0.2, 0.25) is 0 Å². The number of aliphatic hydroxyl groups excluding tert-OH is 1. The summed E-state index contributed by atoms with van der Waals surface area (Å²) in [6.07, 6.45) is 4.96. The number of hydrogen-bond acceptors (Lipinski definition) is 1. The minimum Gasteiger partial charge on any atom is -0.393 e. The van der Waals surface area contributed by atoms with Crippen LogP contribution in [0.3, 0.4) is 0 Å². The highest BCUT2D eigenvalue weighted by Gasteiger charge is 2.01. The van der Waals surface area contributed by atoms with Crippen LogP contribution in [0.25, 0.3) is 0 Å². The average Bonchev–Trinajstić information content (AvgIpc) is 1.82. The largest absolute Gasteiger partial charge is 0.393 e. The van der Waals surface area contributed by atoms with E-state index in [1.54, 1.807) is 0 Å². The Morgan fingerprint density at radius 3 is 2.33 bits per heavy atom. The van der Waals surface area contributed by atoms with Gasteiger partial charge in [0.1, 0.15) is 0 Å². The van der Waals surface area contributed by atoms with Crippen molar-refractivity contribution in [2.45, 2.75) is 33.3 Å². The molecular formula is C8H16O. The molecule has 0 saturated carbocycles. The third-order valence-electron chi connectivity index (χ3n) is 1.44. The second kappa shape index (κ2) is 4.57. The molecule has 9 heavy (non-hydrogen) atoms. The van der Waals surface area contributed by atoms with E-state index in [0.29, 0.717) is 5.92 Å². The summed E-state index contributed by atoms with van der Waals surface area (Å²) in [4.78, 5) is 0. The van der Waals surface area contributed by atoms with Crippen LogP contribution in [0.4, 0.5) is 0 Å². The fraction of sp³-hybridized carbons (Fsp3) is 0.750. The lowest BCUT2D eigenvalue weighted by molar-refractivity contribution is 0.157. The van der Waals surface area contributed by atoms with Crippen LogP contribution < -0.4 is 0 Å². The van der Waals surface area contributed by atoms with Crippen molar-refractivity contribution >= 4 is 0 Å². The van der Waals surface area contributed by atoms with Gasteiger partial charge in [-0.1, -0.05) is 26.0 Å². The molecule has 0 radical (unpaired) electrons. The molecule has 0 aromatic heterocycles. The van der Waals surface area contributed by atoms with E-state index in [9.17, 15) is 0 Å². The Morgan fingerprint density at radius 2 is 2.00 bits per heavy atom. The maximum absolute atomic E-state index is 9.00. The minimum atomic E-state index is -0.215. The quantitative estimate of drug-likeness (QED) is 0.576. The number of hydrogen-bond donors (Lipinski definition) is 1. The first-order valence-electron chi connectivity index (χ1n) is 3.53. The predicted octanol–water partition coefficient (Wildman–Crippen LogP) is 1.97. The van der Waals surface area contributed by atoms with Crippen LogP contribution in [-0.2, 0) is 0 Å². The zero-order valence-corrected chi connectivity index (χ0v) is 6.46. The first-order chi connectivity index (χ1) is 4.18. The van der Waals surface area contributed by atoms with E-state index >= 15 is 0 Å². The molecule has 0 saturated heterocycles. The second-order valence-corrected chi connectivity index (χ2v) is 2.44. The molecule has 0 aliphatic rings. The monoisotopic (exact) mass is 128 g/mol. The van der Waals surface area contributed by atoms with Gasteiger partial charge < -0.3 is 5.11 Å². The van der Waals surface area contributed by atoms with E-state index in [0.717, 1.165) is 6.42 Å². The van der Waals surface area contributed by atoms with Crippen LogP contribution in [0, 0.1) is 5.92 Å². The molecule has 0 aliphatic heterocycles. The topological polar surface area (TPSA) is 20.2 Å².